The molecule has 4 aromatic carbocycles. The van der Waals surface area contributed by atoms with E-state index in [0.717, 1.165) is 0 Å². The Morgan fingerprint density at radius 1 is 0.306 bits per heavy atom. The lowest BCUT2D eigenvalue weighted by Crippen LogP contribution is -2.12. The number of hydrogen-bond acceptors (Lipinski definition) is 9. The summed E-state index contributed by atoms with van der Waals surface area (Å²) in [5, 5.41) is 27.8. The third-order valence-corrected chi connectivity index (χ3v) is 13.9. The Morgan fingerprint density at radius 2 is 0.633 bits per heavy atom. The smallest absolute Gasteiger partial charge is 0.101 e. The van der Waals surface area contributed by atoms with E-state index in [-0.39, 0.29) is 0 Å². The predicted octanol–water partition coefficient (Wildman–Crippen LogP) is 15.4. The molecule has 0 N–H and O–H groups in total. The first-order chi connectivity index (χ1) is 24.3. The Hall–Kier alpha value is -4.48. The lowest BCUT2D eigenvalue weighted by atomic mass is 9.91. The Balaban J connectivity index is 1.34. The van der Waals surface area contributed by atoms with E-state index in [1.165, 1.54) is 79.4 Å². The zero-order valence-electron chi connectivity index (χ0n) is 25.7. The zero-order valence-corrected chi connectivity index (χ0v) is 30.6. The Labute approximate surface area is 307 Å². The van der Waals surface area contributed by atoms with Crippen molar-refractivity contribution < 1.29 is 0 Å². The minimum absolute atomic E-state index is 1.18. The van der Waals surface area contributed by atoms with Gasteiger partial charge in [0.2, 0.25) is 0 Å². The first kappa shape index (κ1) is 29.4. The van der Waals surface area contributed by atoms with Gasteiger partial charge in [-0.15, -0.1) is 68.0 Å². The summed E-state index contributed by atoms with van der Waals surface area (Å²) in [6, 6.07) is 42.7. The van der Waals surface area contributed by atoms with Crippen LogP contribution in [0.4, 0.5) is 47.1 Å². The van der Waals surface area contributed by atoms with Gasteiger partial charge in [-0.05, 0) is 128 Å². The van der Waals surface area contributed by atoms with Crippen LogP contribution in [0.1, 0.15) is 0 Å². The molecule has 236 valence electrons. The topological polar surface area (TPSA) is 9.72 Å². The monoisotopic (exact) mass is 739 g/mol. The van der Waals surface area contributed by atoms with Crippen molar-refractivity contribution in [1.82, 2.24) is 0 Å². The molecule has 10 aromatic rings. The molecular weight excluding hydrogens is 715 g/mol. The second kappa shape index (κ2) is 12.1. The van der Waals surface area contributed by atoms with E-state index in [1.54, 1.807) is 68.0 Å². The van der Waals surface area contributed by atoms with Gasteiger partial charge in [-0.1, -0.05) is 30.3 Å². The number of thiophene rings is 6. The summed E-state index contributed by atoms with van der Waals surface area (Å²) in [4.78, 5) is 7.34. The number of rotatable bonds is 9. The maximum Gasteiger partial charge on any atom is 0.101 e. The quantitative estimate of drug-likeness (QED) is 0.137. The van der Waals surface area contributed by atoms with Crippen molar-refractivity contribution in [1.29, 1.82) is 0 Å². The van der Waals surface area contributed by atoms with Gasteiger partial charge in [-0.3, -0.25) is 14.7 Å². The number of benzene rings is 4. The summed E-state index contributed by atoms with van der Waals surface area (Å²) >= 11 is 10.7. The highest BCUT2D eigenvalue weighted by Gasteiger charge is 2.27. The third kappa shape index (κ3) is 4.84. The number of anilines is 9. The van der Waals surface area contributed by atoms with Crippen molar-refractivity contribution >= 4 is 147 Å². The van der Waals surface area contributed by atoms with Crippen LogP contribution in [0.5, 0.6) is 0 Å². The normalized spacial score (nSPS) is 11.7. The first-order valence-corrected chi connectivity index (χ1v) is 21.0. The van der Waals surface area contributed by atoms with Crippen LogP contribution in [0.3, 0.4) is 0 Å². The van der Waals surface area contributed by atoms with Gasteiger partial charge in [0.1, 0.15) is 30.0 Å². The molecule has 0 aliphatic carbocycles. The third-order valence-electron chi connectivity index (χ3n) is 8.80. The molecule has 49 heavy (non-hydrogen) atoms. The number of nitrogens with zero attached hydrogens (tertiary/aromatic N) is 3. The molecule has 0 atom stereocenters. The lowest BCUT2D eigenvalue weighted by molar-refractivity contribution is 1.34. The second-order valence-electron chi connectivity index (χ2n) is 11.5. The van der Waals surface area contributed by atoms with Gasteiger partial charge >= 0.3 is 0 Å². The Kier molecular flexibility index (Phi) is 7.29. The van der Waals surface area contributed by atoms with Gasteiger partial charge in [0.05, 0.1) is 17.1 Å². The molecule has 6 heterocycles. The van der Waals surface area contributed by atoms with E-state index in [9.17, 15) is 0 Å². The van der Waals surface area contributed by atoms with Crippen LogP contribution in [0.25, 0.3) is 32.3 Å². The van der Waals surface area contributed by atoms with Gasteiger partial charge in [-0.25, -0.2) is 0 Å². The highest BCUT2D eigenvalue weighted by Crippen LogP contribution is 2.53. The molecule has 0 radical (unpaired) electrons. The van der Waals surface area contributed by atoms with E-state index >= 15 is 0 Å². The Morgan fingerprint density at radius 3 is 1.00 bits per heavy atom. The van der Waals surface area contributed by atoms with Crippen LogP contribution in [0.2, 0.25) is 0 Å². The molecule has 0 fully saturated rings. The molecule has 0 saturated carbocycles. The van der Waals surface area contributed by atoms with Crippen molar-refractivity contribution in [2.24, 2.45) is 0 Å². The first-order valence-electron chi connectivity index (χ1n) is 15.7. The SMILES string of the molecule is c1csc(N(c2cccs2)c2ccc3ccc4c(N(c5cccs5)c5cccs5)cc(N(c5cccs5)c5cccs5)c5ccc2c3c45)c1. The van der Waals surface area contributed by atoms with Gasteiger partial charge in [0, 0.05) is 21.5 Å². The summed E-state index contributed by atoms with van der Waals surface area (Å²) in [6.45, 7) is 0. The summed E-state index contributed by atoms with van der Waals surface area (Å²) in [7, 11) is 0. The van der Waals surface area contributed by atoms with E-state index < -0.39 is 0 Å². The van der Waals surface area contributed by atoms with Crippen LogP contribution in [0.15, 0.2) is 148 Å². The summed E-state index contributed by atoms with van der Waals surface area (Å²) in [5.41, 5.74) is 3.55. The van der Waals surface area contributed by atoms with Crippen LogP contribution >= 0.6 is 68.0 Å². The predicted molar refractivity (Wildman–Crippen MR) is 221 cm³/mol. The van der Waals surface area contributed by atoms with Crippen molar-refractivity contribution in [2.75, 3.05) is 14.7 Å². The molecule has 0 aliphatic rings. The molecule has 0 saturated heterocycles. The molecule has 10 rings (SSSR count). The van der Waals surface area contributed by atoms with Crippen LogP contribution in [0, 0.1) is 0 Å². The van der Waals surface area contributed by atoms with Gasteiger partial charge in [0.15, 0.2) is 0 Å². The van der Waals surface area contributed by atoms with Crippen molar-refractivity contribution in [2.45, 2.75) is 0 Å². The fourth-order valence-electron chi connectivity index (χ4n) is 6.83. The highest BCUT2D eigenvalue weighted by molar-refractivity contribution is 7.17. The summed E-state index contributed by atoms with van der Waals surface area (Å²) < 4.78 is 0. The van der Waals surface area contributed by atoms with Crippen LogP contribution in [-0.4, -0.2) is 0 Å². The van der Waals surface area contributed by atoms with Crippen molar-refractivity contribution in [3.63, 3.8) is 0 Å². The maximum absolute atomic E-state index is 2.45. The van der Waals surface area contributed by atoms with Gasteiger partial charge in [-0.2, -0.15) is 0 Å². The average Bonchev–Trinajstić information content (AvgIpc) is 3.99. The maximum atomic E-state index is 2.45. The molecule has 9 heteroatoms. The summed E-state index contributed by atoms with van der Waals surface area (Å²) in [6.07, 6.45) is 0. The molecule has 0 aliphatic heterocycles. The van der Waals surface area contributed by atoms with Crippen LogP contribution in [-0.2, 0) is 0 Å². The fourth-order valence-corrected chi connectivity index (χ4v) is 11.5. The van der Waals surface area contributed by atoms with Gasteiger partial charge in [0.25, 0.3) is 0 Å². The highest BCUT2D eigenvalue weighted by atomic mass is 32.1. The lowest BCUT2D eigenvalue weighted by Gasteiger charge is -2.30. The zero-order chi connectivity index (χ0) is 32.3. The standard InChI is InChI=1S/C40H25N3S6/c1-7-33(44-19-1)41(34-8-2-20-45-34)30-18-14-26-13-15-28-31(42(35-9-3-21-46-35)36-10-4-22-47-36)25-32(29-17-16-27(30)39(26)40(28)29)43(37-11-5-23-48-37)38-12-6-24-49-38/h1-25H. The van der Waals surface area contributed by atoms with Gasteiger partial charge < -0.3 is 0 Å². The second-order valence-corrected chi connectivity index (χ2v) is 17.0. The van der Waals surface area contributed by atoms with Crippen LogP contribution < -0.4 is 14.7 Å². The minimum atomic E-state index is 1.18. The van der Waals surface area contributed by atoms with E-state index in [2.05, 4.69) is 162 Å². The van der Waals surface area contributed by atoms with E-state index in [1.807, 2.05) is 0 Å². The minimum Gasteiger partial charge on any atom is -0.292 e. The number of hydrogen-bond donors (Lipinski definition) is 0. The molecule has 6 aromatic heterocycles. The molecule has 0 amide bonds. The largest absolute Gasteiger partial charge is 0.292 e. The molecule has 0 bridgehead atoms. The van der Waals surface area contributed by atoms with E-state index in [4.69, 9.17) is 0 Å². The van der Waals surface area contributed by atoms with Crippen molar-refractivity contribution in [3.8, 4) is 0 Å². The fraction of sp³-hybridized carbons (Fsp3) is 0. The summed E-state index contributed by atoms with van der Waals surface area (Å²) in [5.74, 6) is 0. The molecule has 3 nitrogen and oxygen atoms in total. The average molecular weight is 740 g/mol. The Bertz CT molecular complexity index is 2410. The molecule has 0 spiro atoms. The molecular formula is C40H25N3S6. The van der Waals surface area contributed by atoms with Crippen molar-refractivity contribution in [3.05, 3.63) is 148 Å². The molecule has 0 unspecified atom stereocenters. The van der Waals surface area contributed by atoms with E-state index in [0.29, 0.717) is 0 Å².